The number of ether oxygens (including phenoxy) is 1. The number of pyridine rings is 1. The molecule has 36 heavy (non-hydrogen) atoms. The number of carbonyl (C=O) groups excluding carboxylic acids is 1. The third kappa shape index (κ3) is 5.91. The van der Waals surface area contributed by atoms with Gasteiger partial charge in [-0.25, -0.2) is 0 Å². The van der Waals surface area contributed by atoms with E-state index in [9.17, 15) is 9.90 Å². The summed E-state index contributed by atoms with van der Waals surface area (Å²) in [7, 11) is 0. The molecular formula is C27H34N4O5. The van der Waals surface area contributed by atoms with Crippen molar-refractivity contribution in [1.82, 2.24) is 20.4 Å². The Balaban J connectivity index is 1.48. The van der Waals surface area contributed by atoms with Gasteiger partial charge in [-0.1, -0.05) is 24.9 Å². The second-order valence-electron chi connectivity index (χ2n) is 9.39. The predicted molar refractivity (Wildman–Crippen MR) is 135 cm³/mol. The monoisotopic (exact) mass is 494 g/mol. The molecule has 0 unspecified atom stereocenters. The molecule has 192 valence electrons. The fraction of sp³-hybridized carbons (Fsp3) is 0.481. The molecular weight excluding hydrogens is 460 g/mol. The van der Waals surface area contributed by atoms with E-state index >= 15 is 0 Å². The van der Waals surface area contributed by atoms with Gasteiger partial charge in [0.1, 0.15) is 25.1 Å². The number of aliphatic hydroxyl groups excluding tert-OH is 2. The molecule has 0 radical (unpaired) electrons. The molecule has 2 heterocycles. The Morgan fingerprint density at radius 1 is 1.19 bits per heavy atom. The Morgan fingerprint density at radius 3 is 2.64 bits per heavy atom. The maximum absolute atomic E-state index is 11.2. The van der Waals surface area contributed by atoms with Gasteiger partial charge in [-0.05, 0) is 68.0 Å². The van der Waals surface area contributed by atoms with E-state index in [0.29, 0.717) is 29.8 Å². The molecule has 0 saturated heterocycles. The van der Waals surface area contributed by atoms with E-state index in [1.54, 1.807) is 0 Å². The van der Waals surface area contributed by atoms with Gasteiger partial charge in [0, 0.05) is 29.9 Å². The van der Waals surface area contributed by atoms with Crippen molar-refractivity contribution in [3.8, 4) is 28.6 Å². The van der Waals surface area contributed by atoms with Crippen LogP contribution < -0.4 is 10.1 Å². The lowest BCUT2D eigenvalue weighted by Gasteiger charge is -2.17. The summed E-state index contributed by atoms with van der Waals surface area (Å²) in [6.07, 6.45) is 6.58. The quantitative estimate of drug-likeness (QED) is 0.390. The van der Waals surface area contributed by atoms with Crippen LogP contribution in [-0.4, -0.2) is 57.1 Å². The molecule has 1 aliphatic rings. The molecule has 1 amide bonds. The first-order valence-electron chi connectivity index (χ1n) is 12.5. The highest BCUT2D eigenvalue weighted by Gasteiger charge is 2.22. The Bertz CT molecular complexity index is 1200. The number of nitrogens with one attached hydrogen (secondary N) is 1. The maximum Gasteiger partial charge on any atom is 0.259 e. The van der Waals surface area contributed by atoms with Crippen molar-refractivity contribution in [1.29, 1.82) is 0 Å². The molecule has 1 fully saturated rings. The summed E-state index contributed by atoms with van der Waals surface area (Å²) in [5.74, 6) is 1.61. The molecule has 0 bridgehead atoms. The lowest BCUT2D eigenvalue weighted by Crippen LogP contribution is -2.36. The van der Waals surface area contributed by atoms with Gasteiger partial charge in [-0.15, -0.1) is 0 Å². The Morgan fingerprint density at radius 2 is 1.94 bits per heavy atom. The van der Waals surface area contributed by atoms with Crippen LogP contribution in [0.4, 0.5) is 0 Å². The first-order chi connectivity index (χ1) is 17.4. The van der Waals surface area contributed by atoms with Crippen LogP contribution in [0.2, 0.25) is 0 Å². The van der Waals surface area contributed by atoms with Gasteiger partial charge in [0.25, 0.3) is 5.89 Å². The van der Waals surface area contributed by atoms with E-state index in [1.807, 2.05) is 32.2 Å². The highest BCUT2D eigenvalue weighted by molar-refractivity contribution is 5.76. The van der Waals surface area contributed by atoms with Gasteiger partial charge < -0.3 is 24.8 Å². The number of aromatic nitrogens is 3. The number of nitrogens with zero attached hydrogens (tertiary/aromatic N) is 3. The summed E-state index contributed by atoms with van der Waals surface area (Å²) in [4.78, 5) is 20.5. The molecule has 3 aromatic rings. The highest BCUT2D eigenvalue weighted by atomic mass is 16.5. The van der Waals surface area contributed by atoms with Crippen LogP contribution in [0.1, 0.15) is 60.9 Å². The third-order valence-corrected chi connectivity index (χ3v) is 6.62. The topological polar surface area (TPSA) is 131 Å². The summed E-state index contributed by atoms with van der Waals surface area (Å²) in [5.41, 5.74) is 5.78. The number of benzene rings is 1. The molecule has 1 saturated carbocycles. The Kier molecular flexibility index (Phi) is 8.32. The number of rotatable bonds is 10. The summed E-state index contributed by atoms with van der Waals surface area (Å²) >= 11 is 0. The van der Waals surface area contributed by atoms with Crippen molar-refractivity contribution in [3.63, 3.8) is 0 Å². The van der Waals surface area contributed by atoms with E-state index in [1.165, 1.54) is 31.4 Å². The largest absolute Gasteiger partial charge is 0.490 e. The van der Waals surface area contributed by atoms with Crippen molar-refractivity contribution in [2.45, 2.75) is 64.9 Å². The molecule has 9 nitrogen and oxygen atoms in total. The van der Waals surface area contributed by atoms with E-state index in [-0.39, 0.29) is 13.2 Å². The molecule has 0 aliphatic heterocycles. The zero-order chi connectivity index (χ0) is 25.7. The Hall–Kier alpha value is -3.30. The van der Waals surface area contributed by atoms with E-state index in [0.717, 1.165) is 27.8 Å². The van der Waals surface area contributed by atoms with Crippen LogP contribution >= 0.6 is 0 Å². The van der Waals surface area contributed by atoms with Gasteiger partial charge in [-0.2, -0.15) is 4.98 Å². The molecule has 1 atom stereocenters. The van der Waals surface area contributed by atoms with Crippen LogP contribution in [0.15, 0.2) is 28.9 Å². The predicted octanol–water partition coefficient (Wildman–Crippen LogP) is 3.48. The summed E-state index contributed by atoms with van der Waals surface area (Å²) in [6.45, 7) is 5.43. The zero-order valence-electron chi connectivity index (χ0n) is 21.1. The molecule has 2 aromatic heterocycles. The minimum Gasteiger partial charge on any atom is -0.490 e. The first kappa shape index (κ1) is 25.8. The van der Waals surface area contributed by atoms with Crippen molar-refractivity contribution in [2.24, 2.45) is 0 Å². The standard InChI is InChI=1S/C27H34N4O5/c1-4-18-11-20(10-17(3)25(18)35-15-22(33)13-28-23(34)14-32)26-30-27(36-31-26)21-9-16(2)24(29-12-21)19-7-5-6-8-19/h9-12,19,22,32-33H,4-8,13-15H2,1-3H3,(H,28,34)/t22-/m0/s1. The molecule has 3 N–H and O–H groups in total. The zero-order valence-corrected chi connectivity index (χ0v) is 21.1. The molecule has 9 heteroatoms. The van der Waals surface area contributed by atoms with Crippen molar-refractivity contribution in [2.75, 3.05) is 19.8 Å². The number of aryl methyl sites for hydroxylation is 3. The smallest absolute Gasteiger partial charge is 0.259 e. The summed E-state index contributed by atoms with van der Waals surface area (Å²) in [5, 5.41) is 25.5. The molecule has 1 aromatic carbocycles. The van der Waals surface area contributed by atoms with E-state index < -0.39 is 18.6 Å². The van der Waals surface area contributed by atoms with Crippen LogP contribution in [0.5, 0.6) is 5.75 Å². The van der Waals surface area contributed by atoms with Crippen LogP contribution in [0, 0.1) is 13.8 Å². The van der Waals surface area contributed by atoms with Gasteiger partial charge >= 0.3 is 0 Å². The van der Waals surface area contributed by atoms with Crippen molar-refractivity contribution in [3.05, 3.63) is 46.8 Å². The van der Waals surface area contributed by atoms with Gasteiger partial charge in [0.15, 0.2) is 0 Å². The normalized spacial score (nSPS) is 14.7. The van der Waals surface area contributed by atoms with E-state index in [2.05, 4.69) is 28.4 Å². The SMILES string of the molecule is CCc1cc(-c2noc(-c3cnc(C4CCCC4)c(C)c3)n2)cc(C)c1OC[C@@H](O)CNC(=O)CO. The highest BCUT2D eigenvalue weighted by Crippen LogP contribution is 2.36. The average molecular weight is 495 g/mol. The fourth-order valence-corrected chi connectivity index (χ4v) is 4.76. The number of carbonyl (C=O) groups is 1. The van der Waals surface area contributed by atoms with Gasteiger partial charge in [-0.3, -0.25) is 9.78 Å². The van der Waals surface area contributed by atoms with Crippen LogP contribution in [0.3, 0.4) is 0 Å². The van der Waals surface area contributed by atoms with Crippen LogP contribution in [-0.2, 0) is 11.2 Å². The minimum atomic E-state index is -0.902. The molecule has 1 aliphatic carbocycles. The second-order valence-corrected chi connectivity index (χ2v) is 9.39. The first-order valence-corrected chi connectivity index (χ1v) is 12.5. The molecule has 0 spiro atoms. The van der Waals surface area contributed by atoms with Crippen molar-refractivity contribution < 1.29 is 24.3 Å². The number of hydrogen-bond acceptors (Lipinski definition) is 8. The number of hydrogen-bond donors (Lipinski definition) is 3. The van der Waals surface area contributed by atoms with Gasteiger partial charge in [0.2, 0.25) is 11.7 Å². The van der Waals surface area contributed by atoms with Crippen molar-refractivity contribution >= 4 is 5.91 Å². The number of amides is 1. The second kappa shape index (κ2) is 11.6. The van der Waals surface area contributed by atoms with E-state index in [4.69, 9.17) is 19.4 Å². The minimum absolute atomic E-state index is 0.000411. The van der Waals surface area contributed by atoms with Gasteiger partial charge in [0.05, 0.1) is 5.56 Å². The average Bonchev–Trinajstić information content (AvgIpc) is 3.59. The maximum atomic E-state index is 11.2. The fourth-order valence-electron chi connectivity index (χ4n) is 4.76. The number of aliphatic hydroxyl groups is 2. The summed E-state index contributed by atoms with van der Waals surface area (Å²) < 4.78 is 11.5. The third-order valence-electron chi connectivity index (χ3n) is 6.62. The lowest BCUT2D eigenvalue weighted by molar-refractivity contribution is -0.124. The Labute approximate surface area is 210 Å². The summed E-state index contributed by atoms with van der Waals surface area (Å²) in [6, 6.07) is 5.96. The van der Waals surface area contributed by atoms with Crippen LogP contribution in [0.25, 0.3) is 22.8 Å². The molecule has 4 rings (SSSR count). The lowest BCUT2D eigenvalue weighted by atomic mass is 9.98.